The van der Waals surface area contributed by atoms with Crippen LogP contribution in [0.1, 0.15) is 26.4 Å². The number of rotatable bonds is 4. The fourth-order valence-electron chi connectivity index (χ4n) is 2.66. The van der Waals surface area contributed by atoms with E-state index in [-0.39, 0.29) is 6.42 Å². The van der Waals surface area contributed by atoms with Crippen LogP contribution in [0, 0.1) is 0 Å². The molecule has 0 fully saturated rings. The zero-order valence-corrected chi connectivity index (χ0v) is 15.0. The number of hydrogen-bond donors (Lipinski definition) is 1. The molecule has 4 rings (SSSR count). The molecule has 0 aliphatic carbocycles. The van der Waals surface area contributed by atoms with Crippen LogP contribution in [-0.4, -0.2) is 25.5 Å². The van der Waals surface area contributed by atoms with Crippen LogP contribution in [0.5, 0.6) is 0 Å². The first-order valence-corrected chi connectivity index (χ1v) is 8.92. The Hall–Kier alpha value is -3.27. The van der Waals surface area contributed by atoms with Crippen LogP contribution < -0.4 is 5.32 Å². The monoisotopic (exact) mass is 403 g/mol. The first-order chi connectivity index (χ1) is 13.4. The molecule has 0 spiro atoms. The molecule has 0 atom stereocenters. The van der Waals surface area contributed by atoms with Crippen molar-refractivity contribution in [2.45, 2.75) is 12.6 Å². The number of fused-ring (bicyclic) bond motifs is 1. The molecule has 0 bridgehead atoms. The van der Waals surface area contributed by atoms with Crippen LogP contribution in [0.25, 0.3) is 5.65 Å². The lowest BCUT2D eigenvalue weighted by molar-refractivity contribution is -0.137. The van der Waals surface area contributed by atoms with Crippen LogP contribution in [0.4, 0.5) is 18.3 Å². The predicted octanol–water partition coefficient (Wildman–Crippen LogP) is 4.05. The summed E-state index contributed by atoms with van der Waals surface area (Å²) >= 11 is 1.20. The number of hydrogen-bond acceptors (Lipinski definition) is 5. The van der Waals surface area contributed by atoms with Gasteiger partial charge in [-0.2, -0.15) is 18.3 Å². The molecule has 10 heteroatoms. The number of carbonyl (C=O) groups is 1. The van der Waals surface area contributed by atoms with Crippen LogP contribution in [-0.2, 0) is 12.6 Å². The Morgan fingerprint density at radius 1 is 1.18 bits per heavy atom. The summed E-state index contributed by atoms with van der Waals surface area (Å²) in [4.78, 5) is 21.4. The normalized spacial score (nSPS) is 11.7. The predicted molar refractivity (Wildman–Crippen MR) is 97.3 cm³/mol. The SMILES string of the molecule is O=C(Nc1ncc(Cc2cccc(C(F)(F)F)c2)s1)c1cnn2cccnc12. The standard InChI is InChI=1S/C18H12F3N5OS/c19-18(20,21)12-4-1-3-11(7-12)8-13-9-23-17(28-13)25-16(27)14-10-24-26-6-2-5-22-15(14)26/h1-7,9-10H,8H2,(H,23,25,27). The number of benzene rings is 1. The minimum Gasteiger partial charge on any atom is -0.298 e. The molecule has 3 heterocycles. The summed E-state index contributed by atoms with van der Waals surface area (Å²) in [7, 11) is 0. The van der Waals surface area contributed by atoms with Crippen molar-refractivity contribution >= 4 is 28.0 Å². The van der Waals surface area contributed by atoms with Gasteiger partial charge in [-0.05, 0) is 17.7 Å². The number of amides is 1. The van der Waals surface area contributed by atoms with E-state index in [1.807, 2.05) is 0 Å². The fourth-order valence-corrected chi connectivity index (χ4v) is 3.50. The molecule has 142 valence electrons. The maximum atomic E-state index is 12.8. The Bertz CT molecular complexity index is 1150. The summed E-state index contributed by atoms with van der Waals surface area (Å²) in [5.41, 5.74) is 0.544. The largest absolute Gasteiger partial charge is 0.416 e. The van der Waals surface area contributed by atoms with Crippen molar-refractivity contribution in [1.82, 2.24) is 19.6 Å². The molecular formula is C18H12F3N5OS. The van der Waals surface area contributed by atoms with E-state index < -0.39 is 17.6 Å². The number of carbonyl (C=O) groups excluding carboxylic acids is 1. The van der Waals surface area contributed by atoms with E-state index in [1.165, 1.54) is 34.3 Å². The second kappa shape index (κ2) is 7.04. The van der Waals surface area contributed by atoms with Crippen molar-refractivity contribution in [3.05, 3.63) is 76.7 Å². The molecule has 1 amide bonds. The third-order valence-electron chi connectivity index (χ3n) is 3.93. The molecule has 0 aliphatic rings. The van der Waals surface area contributed by atoms with E-state index in [4.69, 9.17) is 0 Å². The van der Waals surface area contributed by atoms with Gasteiger partial charge in [0.15, 0.2) is 10.8 Å². The third kappa shape index (κ3) is 3.72. The Morgan fingerprint density at radius 3 is 2.86 bits per heavy atom. The maximum Gasteiger partial charge on any atom is 0.416 e. The van der Waals surface area contributed by atoms with Gasteiger partial charge >= 0.3 is 6.18 Å². The van der Waals surface area contributed by atoms with E-state index in [0.717, 1.165) is 17.0 Å². The maximum absolute atomic E-state index is 12.8. The van der Waals surface area contributed by atoms with E-state index >= 15 is 0 Å². The Balaban J connectivity index is 1.48. The van der Waals surface area contributed by atoms with Gasteiger partial charge in [-0.1, -0.05) is 18.2 Å². The molecule has 3 aromatic heterocycles. The Labute approximate surface area is 160 Å². The quantitative estimate of drug-likeness (QED) is 0.558. The van der Waals surface area contributed by atoms with Gasteiger partial charge in [0.2, 0.25) is 0 Å². The highest BCUT2D eigenvalue weighted by Gasteiger charge is 2.30. The van der Waals surface area contributed by atoms with Crippen LogP contribution >= 0.6 is 11.3 Å². The van der Waals surface area contributed by atoms with Gasteiger partial charge in [0.25, 0.3) is 5.91 Å². The Kier molecular flexibility index (Phi) is 4.55. The lowest BCUT2D eigenvalue weighted by atomic mass is 10.1. The van der Waals surface area contributed by atoms with Crippen LogP contribution in [0.15, 0.2) is 55.1 Å². The zero-order valence-electron chi connectivity index (χ0n) is 14.1. The van der Waals surface area contributed by atoms with Crippen LogP contribution in [0.2, 0.25) is 0 Å². The summed E-state index contributed by atoms with van der Waals surface area (Å²) in [6.07, 6.45) is 2.09. The number of nitrogens with one attached hydrogen (secondary N) is 1. The van der Waals surface area contributed by atoms with Gasteiger partial charge in [-0.15, -0.1) is 11.3 Å². The molecule has 4 aromatic rings. The minimum absolute atomic E-state index is 0.287. The van der Waals surface area contributed by atoms with Gasteiger partial charge in [0.05, 0.1) is 11.8 Å². The number of halogens is 3. The summed E-state index contributed by atoms with van der Waals surface area (Å²) in [6, 6.07) is 6.84. The molecule has 0 saturated carbocycles. The summed E-state index contributed by atoms with van der Waals surface area (Å²) in [5.74, 6) is -0.409. The first-order valence-electron chi connectivity index (χ1n) is 8.11. The van der Waals surface area contributed by atoms with Gasteiger partial charge in [-0.3, -0.25) is 10.1 Å². The second-order valence-corrected chi connectivity index (χ2v) is 7.02. The number of alkyl halides is 3. The van der Waals surface area contributed by atoms with Crippen molar-refractivity contribution in [2.75, 3.05) is 5.32 Å². The summed E-state index contributed by atoms with van der Waals surface area (Å²) in [5, 5.41) is 7.08. The third-order valence-corrected chi connectivity index (χ3v) is 4.84. The Morgan fingerprint density at radius 2 is 2.04 bits per heavy atom. The lowest BCUT2D eigenvalue weighted by Crippen LogP contribution is -2.11. The molecular weight excluding hydrogens is 391 g/mol. The highest BCUT2D eigenvalue weighted by atomic mass is 32.1. The molecule has 28 heavy (non-hydrogen) atoms. The highest BCUT2D eigenvalue weighted by molar-refractivity contribution is 7.15. The van der Waals surface area contributed by atoms with Gasteiger partial charge in [0.1, 0.15) is 5.56 Å². The van der Waals surface area contributed by atoms with E-state index in [9.17, 15) is 18.0 Å². The summed E-state index contributed by atoms with van der Waals surface area (Å²) < 4.78 is 40.0. The molecule has 6 nitrogen and oxygen atoms in total. The number of anilines is 1. The summed E-state index contributed by atoms with van der Waals surface area (Å²) in [6.45, 7) is 0. The van der Waals surface area contributed by atoms with Crippen molar-refractivity contribution in [3.8, 4) is 0 Å². The van der Waals surface area contributed by atoms with Gasteiger partial charge in [0, 0.05) is 29.9 Å². The smallest absolute Gasteiger partial charge is 0.298 e. The average Bonchev–Trinajstić information content (AvgIpc) is 3.28. The van der Waals surface area contributed by atoms with E-state index in [1.54, 1.807) is 24.5 Å². The molecule has 0 radical (unpaired) electrons. The van der Waals surface area contributed by atoms with Crippen molar-refractivity contribution in [2.24, 2.45) is 0 Å². The molecule has 0 aliphatic heterocycles. The minimum atomic E-state index is -4.38. The number of nitrogens with zero attached hydrogens (tertiary/aromatic N) is 4. The van der Waals surface area contributed by atoms with Gasteiger partial charge in [-0.25, -0.2) is 14.5 Å². The molecule has 1 aromatic carbocycles. The first kappa shape index (κ1) is 18.1. The molecule has 0 unspecified atom stereocenters. The van der Waals surface area contributed by atoms with E-state index in [0.29, 0.717) is 21.9 Å². The van der Waals surface area contributed by atoms with Crippen molar-refractivity contribution in [3.63, 3.8) is 0 Å². The fraction of sp³-hybridized carbons (Fsp3) is 0.111. The second-order valence-electron chi connectivity index (χ2n) is 5.91. The van der Waals surface area contributed by atoms with Crippen LogP contribution in [0.3, 0.4) is 0 Å². The number of aromatic nitrogens is 4. The molecule has 1 N–H and O–H groups in total. The molecule has 0 saturated heterocycles. The zero-order chi connectivity index (χ0) is 19.7. The van der Waals surface area contributed by atoms with Gasteiger partial charge < -0.3 is 0 Å². The van der Waals surface area contributed by atoms with E-state index in [2.05, 4.69) is 20.4 Å². The topological polar surface area (TPSA) is 72.2 Å². The van der Waals surface area contributed by atoms with Crippen molar-refractivity contribution in [1.29, 1.82) is 0 Å². The van der Waals surface area contributed by atoms with Crippen molar-refractivity contribution < 1.29 is 18.0 Å². The number of thiazole rings is 1. The average molecular weight is 403 g/mol. The lowest BCUT2D eigenvalue weighted by Gasteiger charge is -2.07. The highest BCUT2D eigenvalue weighted by Crippen LogP contribution is 2.30.